The molecule has 106 valence electrons. The molecule has 0 N–H and O–H groups in total. The molecule has 2 rings (SSSR count). The van der Waals surface area contributed by atoms with Gasteiger partial charge in [0.05, 0.1) is 0 Å². The minimum absolute atomic E-state index is 0.664. The van der Waals surface area contributed by atoms with Gasteiger partial charge in [0.1, 0.15) is 0 Å². The average molecular weight is 288 g/mol. The zero-order valence-electron chi connectivity index (χ0n) is 12.3. The zero-order chi connectivity index (χ0) is 14.4. The molecule has 2 aromatic rings. The van der Waals surface area contributed by atoms with Crippen LogP contribution in [0.25, 0.3) is 0 Å². The van der Waals surface area contributed by atoms with E-state index >= 15 is 0 Å². The molecule has 0 fully saturated rings. The fourth-order valence-electron chi connectivity index (χ4n) is 2.59. The van der Waals surface area contributed by atoms with Gasteiger partial charge in [-0.25, -0.2) is 0 Å². The van der Waals surface area contributed by atoms with Gasteiger partial charge in [-0.05, 0) is 25.0 Å². The second-order valence-electron chi connectivity index (χ2n) is 5.38. The third-order valence-electron chi connectivity index (χ3n) is 3.34. The summed E-state index contributed by atoms with van der Waals surface area (Å²) in [4.78, 5) is 2.40. The van der Waals surface area contributed by atoms with Gasteiger partial charge in [-0.2, -0.15) is 0 Å². The van der Waals surface area contributed by atoms with Crippen LogP contribution in [-0.2, 0) is 13.1 Å². The standard InChI is InChI=1S/C18H22ClN/c1-15-10-16(2)12-18(11-15)14-20(9-8-19)13-17-6-4-3-5-7-17/h3-7,10-12H,8-9,13-14H2,1-2H3. The summed E-state index contributed by atoms with van der Waals surface area (Å²) in [6.07, 6.45) is 0. The molecule has 2 heteroatoms. The van der Waals surface area contributed by atoms with Crippen LogP contribution in [0.4, 0.5) is 0 Å². The van der Waals surface area contributed by atoms with Crippen LogP contribution in [0.15, 0.2) is 48.5 Å². The van der Waals surface area contributed by atoms with Crippen LogP contribution in [0.1, 0.15) is 22.3 Å². The number of hydrogen-bond acceptors (Lipinski definition) is 1. The fourth-order valence-corrected chi connectivity index (χ4v) is 2.83. The Kier molecular flexibility index (Phi) is 5.63. The third-order valence-corrected chi connectivity index (χ3v) is 3.51. The monoisotopic (exact) mass is 287 g/mol. The second-order valence-corrected chi connectivity index (χ2v) is 5.76. The Morgan fingerprint density at radius 1 is 0.850 bits per heavy atom. The van der Waals surface area contributed by atoms with E-state index in [4.69, 9.17) is 11.6 Å². The molecule has 0 aliphatic carbocycles. The van der Waals surface area contributed by atoms with Gasteiger partial charge in [0, 0.05) is 25.5 Å². The Morgan fingerprint density at radius 3 is 2.05 bits per heavy atom. The summed E-state index contributed by atoms with van der Waals surface area (Å²) in [5.41, 5.74) is 5.35. The van der Waals surface area contributed by atoms with E-state index in [1.807, 2.05) is 0 Å². The van der Waals surface area contributed by atoms with Gasteiger partial charge in [-0.15, -0.1) is 11.6 Å². The maximum absolute atomic E-state index is 5.95. The molecule has 0 aliphatic heterocycles. The molecule has 0 atom stereocenters. The third kappa shape index (κ3) is 4.66. The van der Waals surface area contributed by atoms with Crippen molar-refractivity contribution in [2.75, 3.05) is 12.4 Å². The smallest absolute Gasteiger partial charge is 0.0351 e. The van der Waals surface area contributed by atoms with E-state index in [9.17, 15) is 0 Å². The van der Waals surface area contributed by atoms with E-state index < -0.39 is 0 Å². The van der Waals surface area contributed by atoms with E-state index in [1.54, 1.807) is 0 Å². The first-order chi connectivity index (χ1) is 9.67. The van der Waals surface area contributed by atoms with E-state index in [-0.39, 0.29) is 0 Å². The highest BCUT2D eigenvalue weighted by atomic mass is 35.5. The molecular weight excluding hydrogens is 266 g/mol. The van der Waals surface area contributed by atoms with Crippen LogP contribution in [0.2, 0.25) is 0 Å². The maximum atomic E-state index is 5.95. The summed E-state index contributed by atoms with van der Waals surface area (Å²) in [5.74, 6) is 0.664. The van der Waals surface area contributed by atoms with E-state index in [2.05, 4.69) is 67.3 Å². The van der Waals surface area contributed by atoms with Crippen molar-refractivity contribution in [3.05, 3.63) is 70.8 Å². The molecule has 0 radical (unpaired) electrons. The molecule has 2 aromatic carbocycles. The van der Waals surface area contributed by atoms with Crippen LogP contribution >= 0.6 is 11.6 Å². The minimum Gasteiger partial charge on any atom is -0.294 e. The highest BCUT2D eigenvalue weighted by Crippen LogP contribution is 2.13. The van der Waals surface area contributed by atoms with Gasteiger partial charge in [0.25, 0.3) is 0 Å². The van der Waals surface area contributed by atoms with Crippen molar-refractivity contribution in [2.24, 2.45) is 0 Å². The normalized spacial score (nSPS) is 11.0. The highest BCUT2D eigenvalue weighted by Gasteiger charge is 2.07. The molecule has 0 bridgehead atoms. The first-order valence-corrected chi connectivity index (χ1v) is 7.60. The molecule has 0 spiro atoms. The van der Waals surface area contributed by atoms with Crippen molar-refractivity contribution in [3.63, 3.8) is 0 Å². The predicted octanol–water partition coefficient (Wildman–Crippen LogP) is 4.54. The number of halogens is 1. The molecule has 0 aliphatic rings. The highest BCUT2D eigenvalue weighted by molar-refractivity contribution is 6.18. The van der Waals surface area contributed by atoms with E-state index in [1.165, 1.54) is 22.3 Å². The van der Waals surface area contributed by atoms with Crippen molar-refractivity contribution in [1.29, 1.82) is 0 Å². The molecule has 20 heavy (non-hydrogen) atoms. The number of alkyl halides is 1. The summed E-state index contributed by atoms with van der Waals surface area (Å²) in [6, 6.07) is 17.3. The first kappa shape index (κ1) is 15.1. The Hall–Kier alpha value is -1.31. The van der Waals surface area contributed by atoms with Crippen molar-refractivity contribution in [2.45, 2.75) is 26.9 Å². The van der Waals surface area contributed by atoms with Crippen molar-refractivity contribution in [1.82, 2.24) is 4.90 Å². The number of benzene rings is 2. The summed E-state index contributed by atoms with van der Waals surface area (Å²) in [6.45, 7) is 7.10. The SMILES string of the molecule is Cc1cc(C)cc(CN(CCCl)Cc2ccccc2)c1. The number of nitrogens with zero attached hydrogens (tertiary/aromatic N) is 1. The van der Waals surface area contributed by atoms with Gasteiger partial charge in [0.15, 0.2) is 0 Å². The molecule has 0 saturated heterocycles. The Bertz CT molecular complexity index is 516. The topological polar surface area (TPSA) is 3.24 Å². The quantitative estimate of drug-likeness (QED) is 0.705. The zero-order valence-corrected chi connectivity index (χ0v) is 13.0. The van der Waals surface area contributed by atoms with Crippen LogP contribution < -0.4 is 0 Å². The second kappa shape index (κ2) is 7.47. The number of hydrogen-bond donors (Lipinski definition) is 0. The molecule has 1 nitrogen and oxygen atoms in total. The molecule has 0 amide bonds. The Morgan fingerprint density at radius 2 is 1.45 bits per heavy atom. The molecule has 0 unspecified atom stereocenters. The molecule has 0 heterocycles. The van der Waals surface area contributed by atoms with Gasteiger partial charge in [0.2, 0.25) is 0 Å². The van der Waals surface area contributed by atoms with Crippen LogP contribution in [0, 0.1) is 13.8 Å². The molecule has 0 aromatic heterocycles. The van der Waals surface area contributed by atoms with E-state index in [0.717, 1.165) is 19.6 Å². The molecule has 0 saturated carbocycles. The van der Waals surface area contributed by atoms with Crippen molar-refractivity contribution in [3.8, 4) is 0 Å². The van der Waals surface area contributed by atoms with Crippen molar-refractivity contribution >= 4 is 11.6 Å². The number of aryl methyl sites for hydroxylation is 2. The van der Waals surface area contributed by atoms with Gasteiger partial charge in [-0.1, -0.05) is 59.7 Å². The number of rotatable bonds is 6. The Balaban J connectivity index is 2.08. The Labute approximate surface area is 127 Å². The lowest BCUT2D eigenvalue weighted by Gasteiger charge is -2.22. The summed E-state index contributed by atoms with van der Waals surface area (Å²) in [7, 11) is 0. The van der Waals surface area contributed by atoms with Gasteiger partial charge in [-0.3, -0.25) is 4.90 Å². The summed E-state index contributed by atoms with van der Waals surface area (Å²) < 4.78 is 0. The van der Waals surface area contributed by atoms with E-state index in [0.29, 0.717) is 5.88 Å². The lowest BCUT2D eigenvalue weighted by molar-refractivity contribution is 0.273. The maximum Gasteiger partial charge on any atom is 0.0351 e. The average Bonchev–Trinajstić information content (AvgIpc) is 2.39. The van der Waals surface area contributed by atoms with Crippen LogP contribution in [0.3, 0.4) is 0 Å². The summed E-state index contributed by atoms with van der Waals surface area (Å²) >= 11 is 5.95. The van der Waals surface area contributed by atoms with Gasteiger partial charge >= 0.3 is 0 Å². The lowest BCUT2D eigenvalue weighted by atomic mass is 10.1. The van der Waals surface area contributed by atoms with Gasteiger partial charge < -0.3 is 0 Å². The fraction of sp³-hybridized carbons (Fsp3) is 0.333. The predicted molar refractivity (Wildman–Crippen MR) is 87.2 cm³/mol. The largest absolute Gasteiger partial charge is 0.294 e. The molecular formula is C18H22ClN. The minimum atomic E-state index is 0.664. The first-order valence-electron chi connectivity index (χ1n) is 7.07. The van der Waals surface area contributed by atoms with Crippen LogP contribution in [-0.4, -0.2) is 17.3 Å². The lowest BCUT2D eigenvalue weighted by Crippen LogP contribution is -2.25. The van der Waals surface area contributed by atoms with Crippen molar-refractivity contribution < 1.29 is 0 Å². The summed E-state index contributed by atoms with van der Waals surface area (Å²) in [5, 5.41) is 0. The van der Waals surface area contributed by atoms with Crippen LogP contribution in [0.5, 0.6) is 0 Å².